The quantitative estimate of drug-likeness (QED) is 0.246. The van der Waals surface area contributed by atoms with Crippen molar-refractivity contribution in [2.24, 2.45) is 0 Å². The van der Waals surface area contributed by atoms with Crippen molar-refractivity contribution in [1.82, 2.24) is 5.32 Å². The van der Waals surface area contributed by atoms with Gasteiger partial charge >= 0.3 is 0 Å². The molecular formula is C14H18Cl2N4O6. The highest BCUT2D eigenvalue weighted by molar-refractivity contribution is 6.18. The van der Waals surface area contributed by atoms with Crippen LogP contribution in [0.1, 0.15) is 16.8 Å². The first-order valence-corrected chi connectivity index (χ1v) is 8.67. The molecule has 26 heavy (non-hydrogen) atoms. The molecule has 0 saturated carbocycles. The van der Waals surface area contributed by atoms with E-state index in [1.807, 2.05) is 0 Å². The third-order valence-corrected chi connectivity index (χ3v) is 3.71. The van der Waals surface area contributed by atoms with Gasteiger partial charge in [-0.1, -0.05) is 0 Å². The lowest BCUT2D eigenvalue weighted by atomic mass is 10.1. The summed E-state index contributed by atoms with van der Waals surface area (Å²) in [5.74, 6) is -0.512. The Bertz CT molecular complexity index is 667. The predicted molar refractivity (Wildman–Crippen MR) is 97.4 cm³/mol. The highest BCUT2D eigenvalue weighted by Crippen LogP contribution is 2.36. The van der Waals surface area contributed by atoms with Crippen molar-refractivity contribution < 1.29 is 19.7 Å². The lowest BCUT2D eigenvalue weighted by Crippen LogP contribution is -2.33. The fourth-order valence-electron chi connectivity index (χ4n) is 2.27. The van der Waals surface area contributed by atoms with E-state index >= 15 is 0 Å². The van der Waals surface area contributed by atoms with Crippen LogP contribution >= 0.6 is 23.2 Å². The van der Waals surface area contributed by atoms with Crippen LogP contribution in [0.2, 0.25) is 0 Å². The summed E-state index contributed by atoms with van der Waals surface area (Å²) in [4.78, 5) is 34.9. The molecule has 0 aliphatic rings. The fourth-order valence-corrected chi connectivity index (χ4v) is 2.68. The van der Waals surface area contributed by atoms with E-state index in [1.54, 1.807) is 0 Å². The first-order valence-electron chi connectivity index (χ1n) is 7.60. The summed E-state index contributed by atoms with van der Waals surface area (Å²) in [5.41, 5.74) is -1.46. The summed E-state index contributed by atoms with van der Waals surface area (Å²) in [5, 5.41) is 33.8. The van der Waals surface area contributed by atoms with Gasteiger partial charge in [-0.2, -0.15) is 0 Å². The number of halogens is 2. The zero-order valence-electron chi connectivity index (χ0n) is 13.7. The van der Waals surface area contributed by atoms with Gasteiger partial charge in [0.25, 0.3) is 17.3 Å². The molecule has 2 N–H and O–H groups in total. The van der Waals surface area contributed by atoms with Crippen LogP contribution < -0.4 is 10.2 Å². The van der Waals surface area contributed by atoms with E-state index in [2.05, 4.69) is 5.32 Å². The number of nitrogens with one attached hydrogen (secondary N) is 1. The van der Waals surface area contributed by atoms with Gasteiger partial charge in [-0.15, -0.1) is 23.2 Å². The Morgan fingerprint density at radius 2 is 1.77 bits per heavy atom. The molecule has 1 rings (SSSR count). The minimum atomic E-state index is -0.811. The second kappa shape index (κ2) is 10.7. The van der Waals surface area contributed by atoms with Crippen LogP contribution in [0.15, 0.2) is 12.1 Å². The number of nitro groups is 2. The Morgan fingerprint density at radius 3 is 2.23 bits per heavy atom. The van der Waals surface area contributed by atoms with Crippen LogP contribution in [0.5, 0.6) is 0 Å². The van der Waals surface area contributed by atoms with E-state index in [4.69, 9.17) is 28.3 Å². The van der Waals surface area contributed by atoms with E-state index in [1.165, 1.54) is 4.90 Å². The Morgan fingerprint density at radius 1 is 1.15 bits per heavy atom. The topological polar surface area (TPSA) is 139 Å². The molecule has 0 spiro atoms. The third kappa shape index (κ3) is 5.68. The molecule has 1 aromatic carbocycles. The van der Waals surface area contributed by atoms with Crippen molar-refractivity contribution in [3.05, 3.63) is 37.9 Å². The molecule has 10 nitrogen and oxygen atoms in total. The number of carbonyl (C=O) groups excluding carboxylic acids is 1. The minimum absolute atomic E-state index is 0.0802. The van der Waals surface area contributed by atoms with Gasteiger partial charge in [0.05, 0.1) is 21.5 Å². The summed E-state index contributed by atoms with van der Waals surface area (Å²) in [6, 6.07) is 1.78. The molecule has 0 saturated heterocycles. The standard InChI is InChI=1S/C14H18Cl2N4O6/c15-2-5-18(6-3-16)13-11(14(22)17-4-1-7-21)8-10(19(23)24)9-12(13)20(25)26/h8-9,21H,1-7H2,(H,17,22). The highest BCUT2D eigenvalue weighted by Gasteiger charge is 2.30. The summed E-state index contributed by atoms with van der Waals surface area (Å²) in [6.45, 7) is 0.261. The summed E-state index contributed by atoms with van der Waals surface area (Å²) in [7, 11) is 0. The zero-order valence-corrected chi connectivity index (χ0v) is 15.2. The van der Waals surface area contributed by atoms with Gasteiger partial charge in [0.1, 0.15) is 5.69 Å². The van der Waals surface area contributed by atoms with E-state index in [-0.39, 0.29) is 55.7 Å². The largest absolute Gasteiger partial charge is 0.396 e. The number of aliphatic hydroxyl groups is 1. The van der Waals surface area contributed by atoms with E-state index in [0.717, 1.165) is 12.1 Å². The van der Waals surface area contributed by atoms with E-state index in [0.29, 0.717) is 0 Å². The maximum Gasteiger partial charge on any atom is 0.300 e. The number of hydrogen-bond donors (Lipinski definition) is 2. The number of aliphatic hydroxyl groups excluding tert-OH is 1. The van der Waals surface area contributed by atoms with Gasteiger partial charge in [0.2, 0.25) is 0 Å². The average Bonchev–Trinajstić information content (AvgIpc) is 2.60. The maximum atomic E-state index is 12.5. The molecule has 0 aliphatic heterocycles. The van der Waals surface area contributed by atoms with Gasteiger partial charge in [-0.3, -0.25) is 25.0 Å². The number of amides is 1. The van der Waals surface area contributed by atoms with Crippen molar-refractivity contribution in [3.63, 3.8) is 0 Å². The molecular weight excluding hydrogens is 391 g/mol. The molecule has 1 aromatic rings. The Labute approximate surface area is 159 Å². The highest BCUT2D eigenvalue weighted by atomic mass is 35.5. The third-order valence-electron chi connectivity index (χ3n) is 3.37. The number of carbonyl (C=O) groups is 1. The van der Waals surface area contributed by atoms with Crippen LogP contribution in [0.25, 0.3) is 0 Å². The van der Waals surface area contributed by atoms with Crippen LogP contribution in [0, 0.1) is 20.2 Å². The smallest absolute Gasteiger partial charge is 0.300 e. The van der Waals surface area contributed by atoms with Crippen molar-refractivity contribution >= 4 is 46.2 Å². The SMILES string of the molecule is O=C(NCCCO)c1cc([N+](=O)[O-])cc([N+](=O)[O-])c1N(CCCl)CCCl. The molecule has 0 bridgehead atoms. The lowest BCUT2D eigenvalue weighted by Gasteiger charge is -2.24. The summed E-state index contributed by atoms with van der Waals surface area (Å²) < 4.78 is 0. The van der Waals surface area contributed by atoms with Crippen molar-refractivity contribution in [3.8, 4) is 0 Å². The zero-order chi connectivity index (χ0) is 19.7. The molecule has 0 fully saturated rings. The molecule has 0 unspecified atom stereocenters. The molecule has 12 heteroatoms. The van der Waals surface area contributed by atoms with E-state index in [9.17, 15) is 25.0 Å². The first kappa shape index (κ1) is 21.9. The molecule has 0 aromatic heterocycles. The van der Waals surface area contributed by atoms with Crippen molar-refractivity contribution in [2.75, 3.05) is 42.9 Å². The van der Waals surface area contributed by atoms with Crippen molar-refractivity contribution in [1.29, 1.82) is 0 Å². The molecule has 0 heterocycles. The van der Waals surface area contributed by atoms with Gasteiger partial charge < -0.3 is 15.3 Å². The van der Waals surface area contributed by atoms with Crippen LogP contribution in [-0.2, 0) is 0 Å². The number of non-ortho nitro benzene ring substituents is 1. The van der Waals surface area contributed by atoms with Crippen molar-refractivity contribution in [2.45, 2.75) is 6.42 Å². The van der Waals surface area contributed by atoms with Gasteiger partial charge in [0, 0.05) is 44.1 Å². The number of nitrogens with zero attached hydrogens (tertiary/aromatic N) is 3. The minimum Gasteiger partial charge on any atom is -0.396 e. The monoisotopic (exact) mass is 408 g/mol. The molecule has 0 aliphatic carbocycles. The van der Waals surface area contributed by atoms with E-state index < -0.39 is 27.1 Å². The van der Waals surface area contributed by atoms with Gasteiger partial charge in [-0.25, -0.2) is 0 Å². The number of benzene rings is 1. The van der Waals surface area contributed by atoms with Crippen LogP contribution in [0.4, 0.5) is 17.1 Å². The molecule has 0 radical (unpaired) electrons. The van der Waals surface area contributed by atoms with Crippen LogP contribution in [0.3, 0.4) is 0 Å². The molecule has 1 amide bonds. The number of hydrogen-bond acceptors (Lipinski definition) is 7. The van der Waals surface area contributed by atoms with Gasteiger partial charge in [0.15, 0.2) is 0 Å². The Kier molecular flexibility index (Phi) is 9.03. The maximum absolute atomic E-state index is 12.5. The fraction of sp³-hybridized carbons (Fsp3) is 0.500. The second-order valence-electron chi connectivity index (χ2n) is 5.07. The van der Waals surface area contributed by atoms with Crippen LogP contribution in [-0.4, -0.2) is 58.9 Å². The number of nitro benzene ring substituents is 2. The summed E-state index contributed by atoms with van der Waals surface area (Å²) >= 11 is 11.5. The normalized spacial score (nSPS) is 10.4. The molecule has 144 valence electrons. The Hall–Kier alpha value is -2.17. The number of anilines is 1. The molecule has 0 atom stereocenters. The summed E-state index contributed by atoms with van der Waals surface area (Å²) in [6.07, 6.45) is 0.269. The first-order chi connectivity index (χ1) is 12.4. The van der Waals surface area contributed by atoms with Gasteiger partial charge in [-0.05, 0) is 6.42 Å². The number of alkyl halides is 2. The number of rotatable bonds is 11. The second-order valence-corrected chi connectivity index (χ2v) is 5.83. The predicted octanol–water partition coefficient (Wildman–Crippen LogP) is 1.90. The average molecular weight is 409 g/mol. The lowest BCUT2D eigenvalue weighted by molar-refractivity contribution is -0.393. The Balaban J connectivity index is 3.55.